The second-order valence-electron chi connectivity index (χ2n) is 7.10. The fourth-order valence-corrected chi connectivity index (χ4v) is 3.86. The van der Waals surface area contributed by atoms with Gasteiger partial charge in [0.15, 0.2) is 5.11 Å². The van der Waals surface area contributed by atoms with Gasteiger partial charge >= 0.3 is 0 Å². The van der Waals surface area contributed by atoms with E-state index in [1.54, 1.807) is 0 Å². The van der Waals surface area contributed by atoms with E-state index in [0.717, 1.165) is 17.4 Å². The Bertz CT molecular complexity index is 907. The van der Waals surface area contributed by atoms with Crippen molar-refractivity contribution < 1.29 is 0 Å². The molecule has 0 aliphatic carbocycles. The Hall–Kier alpha value is -2.73. The molecule has 3 aromatic rings. The van der Waals surface area contributed by atoms with E-state index in [0.29, 0.717) is 6.04 Å². The lowest BCUT2D eigenvalue weighted by Crippen LogP contribution is -2.29. The maximum absolute atomic E-state index is 5.72. The topological polar surface area (TPSA) is 46.0 Å². The molecule has 0 bridgehead atoms. The van der Waals surface area contributed by atoms with Crippen LogP contribution < -0.4 is 5.32 Å². The SMILES string of the molecule is CC(C)n1ccc([C@@H]2[C@@H](c3ccccn3)NC(=S)N2Cc2ccncc2)c1. The summed E-state index contributed by atoms with van der Waals surface area (Å²) in [5.41, 5.74) is 3.42. The van der Waals surface area contributed by atoms with Gasteiger partial charge in [-0.25, -0.2) is 0 Å². The summed E-state index contributed by atoms with van der Waals surface area (Å²) < 4.78 is 2.23. The first kappa shape index (κ1) is 17.7. The third kappa shape index (κ3) is 3.57. The van der Waals surface area contributed by atoms with E-state index in [2.05, 4.69) is 63.1 Å². The fraction of sp³-hybridized carbons (Fsp3) is 0.286. The molecule has 5 nitrogen and oxygen atoms in total. The highest BCUT2D eigenvalue weighted by Gasteiger charge is 2.40. The van der Waals surface area contributed by atoms with Crippen molar-refractivity contribution in [1.82, 2.24) is 24.8 Å². The summed E-state index contributed by atoms with van der Waals surface area (Å²) >= 11 is 5.72. The largest absolute Gasteiger partial charge is 0.352 e. The fourth-order valence-electron chi connectivity index (χ4n) is 3.55. The highest BCUT2D eigenvalue weighted by molar-refractivity contribution is 7.80. The van der Waals surface area contributed by atoms with Gasteiger partial charge in [-0.3, -0.25) is 9.97 Å². The molecule has 1 N–H and O–H groups in total. The van der Waals surface area contributed by atoms with Gasteiger partial charge in [-0.15, -0.1) is 0 Å². The molecule has 0 saturated carbocycles. The van der Waals surface area contributed by atoms with Gasteiger partial charge < -0.3 is 14.8 Å². The molecule has 1 aliphatic heterocycles. The van der Waals surface area contributed by atoms with Crippen molar-refractivity contribution in [2.45, 2.75) is 38.5 Å². The minimum Gasteiger partial charge on any atom is -0.352 e. The van der Waals surface area contributed by atoms with E-state index in [9.17, 15) is 0 Å². The van der Waals surface area contributed by atoms with Crippen LogP contribution in [0.3, 0.4) is 0 Å². The number of nitrogens with zero attached hydrogens (tertiary/aromatic N) is 4. The van der Waals surface area contributed by atoms with E-state index < -0.39 is 0 Å². The summed E-state index contributed by atoms with van der Waals surface area (Å²) in [5, 5.41) is 4.25. The number of aromatic nitrogens is 3. The number of rotatable bonds is 5. The molecule has 6 heteroatoms. The number of hydrogen-bond acceptors (Lipinski definition) is 3. The monoisotopic (exact) mass is 377 g/mol. The van der Waals surface area contributed by atoms with Crippen molar-refractivity contribution in [2.75, 3.05) is 0 Å². The van der Waals surface area contributed by atoms with Crippen LogP contribution in [0.25, 0.3) is 0 Å². The molecule has 0 aromatic carbocycles. The summed E-state index contributed by atoms with van der Waals surface area (Å²) in [4.78, 5) is 11.0. The average molecular weight is 378 g/mol. The highest BCUT2D eigenvalue weighted by Crippen LogP contribution is 2.39. The molecule has 2 atom stereocenters. The van der Waals surface area contributed by atoms with E-state index in [1.165, 1.54) is 11.1 Å². The summed E-state index contributed by atoms with van der Waals surface area (Å²) in [7, 11) is 0. The molecule has 1 aliphatic rings. The Labute approximate surface area is 165 Å². The lowest BCUT2D eigenvalue weighted by atomic mass is 9.99. The molecule has 27 heavy (non-hydrogen) atoms. The van der Waals surface area contributed by atoms with Crippen LogP contribution in [0, 0.1) is 0 Å². The first-order valence-corrected chi connectivity index (χ1v) is 9.58. The minimum absolute atomic E-state index is 0.0172. The Balaban J connectivity index is 1.73. The van der Waals surface area contributed by atoms with Crippen LogP contribution in [-0.4, -0.2) is 24.5 Å². The summed E-state index contributed by atoms with van der Waals surface area (Å²) in [6.07, 6.45) is 9.84. The van der Waals surface area contributed by atoms with Crippen LogP contribution in [-0.2, 0) is 6.54 Å². The molecule has 138 valence electrons. The lowest BCUT2D eigenvalue weighted by Gasteiger charge is -2.27. The smallest absolute Gasteiger partial charge is 0.170 e. The maximum atomic E-state index is 5.72. The maximum Gasteiger partial charge on any atom is 0.170 e. The van der Waals surface area contributed by atoms with Gasteiger partial charge in [-0.2, -0.15) is 0 Å². The molecule has 0 amide bonds. The standard InChI is InChI=1S/C21H23N5S/c1-15(2)25-12-8-17(14-25)20-19(18-5-3-4-9-23-18)24-21(27)26(20)13-16-6-10-22-11-7-16/h3-12,14-15,19-20H,13H2,1-2H3,(H,24,27)/t19-,20-/m1/s1. The van der Waals surface area contributed by atoms with E-state index in [4.69, 9.17) is 12.2 Å². The molecule has 3 aromatic heterocycles. The van der Waals surface area contributed by atoms with Crippen LogP contribution in [0.2, 0.25) is 0 Å². The second-order valence-corrected chi connectivity index (χ2v) is 7.48. The molecular formula is C21H23N5S. The number of hydrogen-bond donors (Lipinski definition) is 1. The van der Waals surface area contributed by atoms with Crippen molar-refractivity contribution in [3.8, 4) is 0 Å². The van der Waals surface area contributed by atoms with Crippen LogP contribution >= 0.6 is 12.2 Å². The van der Waals surface area contributed by atoms with Crippen molar-refractivity contribution >= 4 is 17.3 Å². The molecule has 4 rings (SSSR count). The molecule has 0 radical (unpaired) electrons. The van der Waals surface area contributed by atoms with Crippen molar-refractivity contribution in [3.63, 3.8) is 0 Å². The number of thiocarbonyl (C=S) groups is 1. The third-order valence-electron chi connectivity index (χ3n) is 4.98. The normalized spacial score (nSPS) is 19.5. The quantitative estimate of drug-likeness (QED) is 0.680. The molecule has 4 heterocycles. The first-order valence-electron chi connectivity index (χ1n) is 9.18. The molecule has 1 fully saturated rings. The predicted octanol–water partition coefficient (Wildman–Crippen LogP) is 4.03. The van der Waals surface area contributed by atoms with Crippen molar-refractivity contribution in [2.24, 2.45) is 0 Å². The van der Waals surface area contributed by atoms with Crippen molar-refractivity contribution in [3.05, 3.63) is 84.2 Å². The molecular weight excluding hydrogens is 354 g/mol. The van der Waals surface area contributed by atoms with Crippen LogP contribution in [0.4, 0.5) is 0 Å². The average Bonchev–Trinajstić information content (AvgIpc) is 3.29. The van der Waals surface area contributed by atoms with Gasteiger partial charge in [0.25, 0.3) is 0 Å². The second kappa shape index (κ2) is 7.48. The van der Waals surface area contributed by atoms with Gasteiger partial charge in [0.05, 0.1) is 17.8 Å². The summed E-state index contributed by atoms with van der Waals surface area (Å²) in [6.45, 7) is 5.10. The van der Waals surface area contributed by atoms with E-state index in [-0.39, 0.29) is 12.1 Å². The molecule has 1 saturated heterocycles. The zero-order valence-electron chi connectivity index (χ0n) is 15.5. The number of pyridine rings is 2. The molecule has 0 spiro atoms. The lowest BCUT2D eigenvalue weighted by molar-refractivity contribution is 0.310. The Morgan fingerprint density at radius 3 is 2.59 bits per heavy atom. The summed E-state index contributed by atoms with van der Waals surface area (Å²) in [6, 6.07) is 12.8. The number of nitrogens with one attached hydrogen (secondary N) is 1. The van der Waals surface area contributed by atoms with Gasteiger partial charge in [0, 0.05) is 43.6 Å². The van der Waals surface area contributed by atoms with Crippen LogP contribution in [0.15, 0.2) is 67.4 Å². The Kier molecular flexibility index (Phi) is 4.90. The van der Waals surface area contributed by atoms with Gasteiger partial charge in [-0.1, -0.05) is 6.07 Å². The van der Waals surface area contributed by atoms with Crippen LogP contribution in [0.5, 0.6) is 0 Å². The van der Waals surface area contributed by atoms with Gasteiger partial charge in [-0.05, 0) is 67.5 Å². The van der Waals surface area contributed by atoms with Gasteiger partial charge in [0.2, 0.25) is 0 Å². The Morgan fingerprint density at radius 2 is 1.93 bits per heavy atom. The zero-order valence-corrected chi connectivity index (χ0v) is 16.3. The third-order valence-corrected chi connectivity index (χ3v) is 5.33. The van der Waals surface area contributed by atoms with Crippen molar-refractivity contribution in [1.29, 1.82) is 0 Å². The molecule has 0 unspecified atom stereocenters. The highest BCUT2D eigenvalue weighted by atomic mass is 32.1. The Morgan fingerprint density at radius 1 is 1.11 bits per heavy atom. The van der Waals surface area contributed by atoms with Crippen LogP contribution in [0.1, 0.15) is 48.8 Å². The minimum atomic E-state index is 0.0172. The van der Waals surface area contributed by atoms with E-state index in [1.807, 2.05) is 42.9 Å². The van der Waals surface area contributed by atoms with Gasteiger partial charge in [0.1, 0.15) is 0 Å². The van der Waals surface area contributed by atoms with E-state index >= 15 is 0 Å². The first-order chi connectivity index (χ1) is 13.1. The summed E-state index contributed by atoms with van der Waals surface area (Å²) in [5.74, 6) is 0. The zero-order chi connectivity index (χ0) is 18.8. The predicted molar refractivity (Wildman–Crippen MR) is 110 cm³/mol.